The zero-order valence-corrected chi connectivity index (χ0v) is 14.3. The first-order chi connectivity index (χ1) is 11.1. The van der Waals surface area contributed by atoms with Gasteiger partial charge in [-0.2, -0.15) is 0 Å². The number of benzene rings is 1. The molecule has 0 saturated carbocycles. The Morgan fingerprint density at radius 3 is 2.52 bits per heavy atom. The fourth-order valence-corrected chi connectivity index (χ4v) is 3.28. The molecule has 0 radical (unpaired) electrons. The minimum atomic E-state index is 0.132. The maximum Gasteiger partial charge on any atom is 0.223 e. The fourth-order valence-electron chi connectivity index (χ4n) is 3.28. The van der Waals surface area contributed by atoms with Crippen molar-refractivity contribution in [2.45, 2.75) is 32.6 Å². The minimum Gasteiger partial charge on any atom is -0.355 e. The lowest BCUT2D eigenvalue weighted by atomic mass is 9.88. The molecule has 3 heteroatoms. The van der Waals surface area contributed by atoms with Crippen LogP contribution < -0.4 is 5.32 Å². The van der Waals surface area contributed by atoms with E-state index in [-0.39, 0.29) is 11.8 Å². The Labute approximate surface area is 140 Å². The van der Waals surface area contributed by atoms with Gasteiger partial charge in [0.1, 0.15) is 0 Å². The molecule has 1 heterocycles. The van der Waals surface area contributed by atoms with E-state index in [1.54, 1.807) is 0 Å². The maximum absolute atomic E-state index is 12.5. The Morgan fingerprint density at radius 2 is 1.96 bits per heavy atom. The quantitative estimate of drug-likeness (QED) is 0.819. The number of terminal acetylenes is 1. The molecule has 1 aromatic carbocycles. The largest absolute Gasteiger partial charge is 0.355 e. The van der Waals surface area contributed by atoms with Gasteiger partial charge in [-0.25, -0.2) is 0 Å². The normalized spacial score (nSPS) is 17.7. The van der Waals surface area contributed by atoms with Gasteiger partial charge in [0.2, 0.25) is 5.91 Å². The van der Waals surface area contributed by atoms with Crippen molar-refractivity contribution >= 4 is 5.91 Å². The van der Waals surface area contributed by atoms with Gasteiger partial charge >= 0.3 is 0 Å². The second-order valence-corrected chi connectivity index (χ2v) is 6.76. The van der Waals surface area contributed by atoms with Gasteiger partial charge in [0.05, 0.1) is 6.54 Å². The summed E-state index contributed by atoms with van der Waals surface area (Å²) in [6, 6.07) is 10.5. The molecular weight excluding hydrogens is 284 g/mol. The number of likely N-dealkylation sites (tertiary alicyclic amines) is 1. The number of amides is 1. The van der Waals surface area contributed by atoms with Gasteiger partial charge < -0.3 is 5.32 Å². The number of rotatable bonds is 6. The third-order valence-electron chi connectivity index (χ3n) is 4.80. The molecular formula is C20H28N2O. The van der Waals surface area contributed by atoms with E-state index in [4.69, 9.17) is 6.42 Å². The van der Waals surface area contributed by atoms with Crippen molar-refractivity contribution in [2.24, 2.45) is 11.8 Å². The average molecular weight is 312 g/mol. The van der Waals surface area contributed by atoms with Gasteiger partial charge in [-0.05, 0) is 37.4 Å². The lowest BCUT2D eigenvalue weighted by molar-refractivity contribution is -0.126. The number of carbonyl (C=O) groups is 1. The molecule has 1 fully saturated rings. The standard InChI is InChI=1S/C20H28N2O/c1-4-12-22-13-10-18(11-14-22)20(23)21-15-19(16(2)3)17-8-6-5-7-9-17/h1,5-9,16,18-19H,10-15H2,2-3H3,(H,21,23). The topological polar surface area (TPSA) is 32.3 Å². The smallest absolute Gasteiger partial charge is 0.223 e. The number of hydrogen-bond donors (Lipinski definition) is 1. The summed E-state index contributed by atoms with van der Waals surface area (Å²) in [6.07, 6.45) is 7.16. The van der Waals surface area contributed by atoms with Crippen LogP contribution >= 0.6 is 0 Å². The van der Waals surface area contributed by atoms with E-state index in [0.29, 0.717) is 24.9 Å². The Bertz CT molecular complexity index is 524. The second kappa shape index (κ2) is 8.74. The summed E-state index contributed by atoms with van der Waals surface area (Å²) >= 11 is 0. The molecule has 1 N–H and O–H groups in total. The predicted molar refractivity (Wildman–Crippen MR) is 95.0 cm³/mol. The predicted octanol–water partition coefficient (Wildman–Crippen LogP) is 2.89. The van der Waals surface area contributed by atoms with Crippen LogP contribution in [0.3, 0.4) is 0 Å². The van der Waals surface area contributed by atoms with E-state index < -0.39 is 0 Å². The zero-order chi connectivity index (χ0) is 16.7. The molecule has 1 atom stereocenters. The molecule has 1 unspecified atom stereocenters. The third-order valence-corrected chi connectivity index (χ3v) is 4.80. The van der Waals surface area contributed by atoms with Gasteiger partial charge in [0.15, 0.2) is 0 Å². The Kier molecular flexibility index (Phi) is 6.67. The molecule has 2 rings (SSSR count). The Morgan fingerprint density at radius 1 is 1.30 bits per heavy atom. The molecule has 1 aliphatic rings. The van der Waals surface area contributed by atoms with Gasteiger partial charge in [-0.3, -0.25) is 9.69 Å². The number of hydrogen-bond acceptors (Lipinski definition) is 2. The third kappa shape index (κ3) is 5.11. The van der Waals surface area contributed by atoms with Crippen molar-refractivity contribution in [3.63, 3.8) is 0 Å². The van der Waals surface area contributed by atoms with Gasteiger partial charge in [0.25, 0.3) is 0 Å². The summed E-state index contributed by atoms with van der Waals surface area (Å²) < 4.78 is 0. The van der Waals surface area contributed by atoms with Crippen LogP contribution in [0.5, 0.6) is 0 Å². The Balaban J connectivity index is 1.84. The SMILES string of the molecule is C#CCN1CCC(C(=O)NCC(c2ccccc2)C(C)C)CC1. The average Bonchev–Trinajstić information content (AvgIpc) is 2.56. The number of nitrogens with zero attached hydrogens (tertiary/aromatic N) is 1. The summed E-state index contributed by atoms with van der Waals surface area (Å²) in [5.41, 5.74) is 1.30. The van der Waals surface area contributed by atoms with Crippen molar-refractivity contribution in [2.75, 3.05) is 26.2 Å². The first-order valence-electron chi connectivity index (χ1n) is 8.60. The lowest BCUT2D eigenvalue weighted by Crippen LogP contribution is -2.41. The Hall–Kier alpha value is -1.79. The van der Waals surface area contributed by atoms with Crippen LogP contribution in [-0.4, -0.2) is 37.0 Å². The highest BCUT2D eigenvalue weighted by Gasteiger charge is 2.25. The molecule has 3 nitrogen and oxygen atoms in total. The highest BCUT2D eigenvalue weighted by molar-refractivity contribution is 5.78. The minimum absolute atomic E-state index is 0.132. The molecule has 124 valence electrons. The van der Waals surface area contributed by atoms with Gasteiger partial charge in [-0.15, -0.1) is 6.42 Å². The van der Waals surface area contributed by atoms with E-state index in [1.807, 2.05) is 6.07 Å². The summed E-state index contributed by atoms with van der Waals surface area (Å²) in [5.74, 6) is 3.87. The molecule has 23 heavy (non-hydrogen) atoms. The summed E-state index contributed by atoms with van der Waals surface area (Å²) in [6.45, 7) is 7.68. The van der Waals surface area contributed by atoms with Gasteiger partial charge in [0, 0.05) is 18.4 Å². The first-order valence-corrected chi connectivity index (χ1v) is 8.60. The molecule has 0 bridgehead atoms. The van der Waals surface area contributed by atoms with Crippen LogP contribution in [0.4, 0.5) is 0 Å². The molecule has 0 aromatic heterocycles. The monoisotopic (exact) mass is 312 g/mol. The van der Waals surface area contributed by atoms with Crippen LogP contribution in [-0.2, 0) is 4.79 Å². The molecule has 0 aliphatic carbocycles. The van der Waals surface area contributed by atoms with E-state index in [2.05, 4.69) is 54.3 Å². The highest BCUT2D eigenvalue weighted by Crippen LogP contribution is 2.24. The summed E-state index contributed by atoms with van der Waals surface area (Å²) in [4.78, 5) is 14.7. The van der Waals surface area contributed by atoms with E-state index in [9.17, 15) is 4.79 Å². The fraction of sp³-hybridized carbons (Fsp3) is 0.550. The van der Waals surface area contributed by atoms with Crippen molar-refractivity contribution < 1.29 is 4.79 Å². The van der Waals surface area contributed by atoms with Crippen LogP contribution in [0.1, 0.15) is 38.2 Å². The number of piperidine rings is 1. The van der Waals surface area contributed by atoms with Crippen molar-refractivity contribution in [1.82, 2.24) is 10.2 Å². The van der Waals surface area contributed by atoms with Crippen LogP contribution in [0.25, 0.3) is 0 Å². The summed E-state index contributed by atoms with van der Waals surface area (Å²) in [5, 5.41) is 3.18. The molecule has 1 saturated heterocycles. The first kappa shape index (κ1) is 17.6. The van der Waals surface area contributed by atoms with Gasteiger partial charge in [-0.1, -0.05) is 50.1 Å². The van der Waals surface area contributed by atoms with Crippen molar-refractivity contribution in [3.8, 4) is 12.3 Å². The van der Waals surface area contributed by atoms with Crippen molar-refractivity contribution in [3.05, 3.63) is 35.9 Å². The second-order valence-electron chi connectivity index (χ2n) is 6.76. The van der Waals surface area contributed by atoms with E-state index in [1.165, 1.54) is 5.56 Å². The van der Waals surface area contributed by atoms with Crippen LogP contribution in [0, 0.1) is 24.2 Å². The molecule has 0 spiro atoms. The van der Waals surface area contributed by atoms with E-state index >= 15 is 0 Å². The molecule has 1 aromatic rings. The lowest BCUT2D eigenvalue weighted by Gasteiger charge is -2.30. The van der Waals surface area contributed by atoms with E-state index in [0.717, 1.165) is 25.9 Å². The summed E-state index contributed by atoms with van der Waals surface area (Å²) in [7, 11) is 0. The maximum atomic E-state index is 12.5. The zero-order valence-electron chi connectivity index (χ0n) is 14.3. The van der Waals surface area contributed by atoms with Crippen molar-refractivity contribution in [1.29, 1.82) is 0 Å². The molecule has 1 aliphatic heterocycles. The highest BCUT2D eigenvalue weighted by atomic mass is 16.1. The number of nitrogens with one attached hydrogen (secondary N) is 1. The number of carbonyl (C=O) groups excluding carboxylic acids is 1. The van der Waals surface area contributed by atoms with Crippen LogP contribution in [0.2, 0.25) is 0 Å². The molecule has 1 amide bonds. The van der Waals surface area contributed by atoms with Crippen LogP contribution in [0.15, 0.2) is 30.3 Å².